The summed E-state index contributed by atoms with van der Waals surface area (Å²) < 4.78 is 12.4. The second-order valence-electron chi connectivity index (χ2n) is 5.67. The molecule has 122 valence electrons. The van der Waals surface area contributed by atoms with E-state index in [0.717, 1.165) is 23.6 Å². The number of carbonyl (C=O) groups excluding carboxylic acids is 1. The Balaban J connectivity index is 1.77. The zero-order valence-electron chi connectivity index (χ0n) is 13.5. The van der Waals surface area contributed by atoms with Crippen molar-refractivity contribution >= 4 is 5.91 Å². The van der Waals surface area contributed by atoms with E-state index in [2.05, 4.69) is 10.4 Å². The van der Waals surface area contributed by atoms with E-state index in [1.165, 1.54) is 0 Å². The molecule has 1 aromatic heterocycles. The van der Waals surface area contributed by atoms with Crippen LogP contribution in [0.4, 0.5) is 0 Å². The minimum absolute atomic E-state index is 0.172. The van der Waals surface area contributed by atoms with Crippen LogP contribution in [0.5, 0.6) is 11.5 Å². The van der Waals surface area contributed by atoms with E-state index in [0.29, 0.717) is 18.0 Å². The predicted molar refractivity (Wildman–Crippen MR) is 85.7 cm³/mol. The van der Waals surface area contributed by atoms with Gasteiger partial charge in [-0.2, -0.15) is 5.10 Å². The molecule has 7 nitrogen and oxygen atoms in total. The molecule has 0 atom stereocenters. The second-order valence-corrected chi connectivity index (χ2v) is 5.67. The highest BCUT2D eigenvalue weighted by molar-refractivity contribution is 5.93. The molecular formula is C16H20N4O3. The van der Waals surface area contributed by atoms with Gasteiger partial charge in [-0.15, -0.1) is 0 Å². The number of likely N-dealkylation sites (N-methyl/N-ethyl adjacent to an activating group) is 1. The highest BCUT2D eigenvalue weighted by atomic mass is 16.7. The van der Waals surface area contributed by atoms with Crippen LogP contribution in [0.15, 0.2) is 24.3 Å². The number of carbonyl (C=O) groups is 1. The molecular weight excluding hydrogens is 296 g/mol. The Morgan fingerprint density at radius 3 is 2.87 bits per heavy atom. The molecule has 23 heavy (non-hydrogen) atoms. The van der Waals surface area contributed by atoms with Gasteiger partial charge >= 0.3 is 0 Å². The Morgan fingerprint density at radius 2 is 2.09 bits per heavy atom. The highest BCUT2D eigenvalue weighted by Crippen LogP contribution is 2.35. The van der Waals surface area contributed by atoms with Crippen molar-refractivity contribution in [3.05, 3.63) is 30.0 Å². The van der Waals surface area contributed by atoms with Gasteiger partial charge in [0.25, 0.3) is 5.91 Å². The first-order chi connectivity index (χ1) is 11.0. The maximum atomic E-state index is 12.2. The molecule has 0 saturated heterocycles. The van der Waals surface area contributed by atoms with Gasteiger partial charge in [0.1, 0.15) is 0 Å². The number of aromatic nitrogens is 2. The summed E-state index contributed by atoms with van der Waals surface area (Å²) in [4.78, 5) is 14.2. The van der Waals surface area contributed by atoms with E-state index in [1.54, 1.807) is 10.7 Å². The van der Waals surface area contributed by atoms with Crippen molar-refractivity contribution in [2.45, 2.75) is 0 Å². The normalized spacial score (nSPS) is 12.7. The Morgan fingerprint density at radius 1 is 1.30 bits per heavy atom. The summed E-state index contributed by atoms with van der Waals surface area (Å²) in [6.45, 7) is 1.61. The molecule has 0 fully saturated rings. The molecule has 0 unspecified atom stereocenters. The first kappa shape index (κ1) is 15.4. The van der Waals surface area contributed by atoms with Gasteiger partial charge in [0.05, 0.1) is 5.69 Å². The lowest BCUT2D eigenvalue weighted by Crippen LogP contribution is -2.31. The van der Waals surface area contributed by atoms with Crippen molar-refractivity contribution in [2.75, 3.05) is 34.0 Å². The third kappa shape index (κ3) is 3.29. The zero-order valence-corrected chi connectivity index (χ0v) is 13.5. The van der Waals surface area contributed by atoms with Gasteiger partial charge < -0.3 is 19.7 Å². The Hall–Kier alpha value is -2.54. The third-order valence-electron chi connectivity index (χ3n) is 3.63. The monoisotopic (exact) mass is 316 g/mol. The molecule has 1 aliphatic heterocycles. The number of nitrogens with zero attached hydrogens (tertiary/aromatic N) is 3. The number of rotatable bonds is 5. The van der Waals surface area contributed by atoms with Crippen LogP contribution < -0.4 is 14.8 Å². The summed E-state index contributed by atoms with van der Waals surface area (Å²) in [5, 5.41) is 7.16. The second kappa shape index (κ2) is 6.29. The highest BCUT2D eigenvalue weighted by Gasteiger charge is 2.17. The van der Waals surface area contributed by atoms with Crippen LogP contribution >= 0.6 is 0 Å². The smallest absolute Gasteiger partial charge is 0.271 e. The average Bonchev–Trinajstić information content (AvgIpc) is 3.12. The van der Waals surface area contributed by atoms with E-state index in [-0.39, 0.29) is 12.7 Å². The average molecular weight is 316 g/mol. The Kier molecular flexibility index (Phi) is 4.20. The maximum absolute atomic E-state index is 12.2. The molecule has 3 rings (SSSR count). The summed E-state index contributed by atoms with van der Waals surface area (Å²) in [6, 6.07) is 7.47. The van der Waals surface area contributed by atoms with Crippen molar-refractivity contribution in [3.63, 3.8) is 0 Å². The number of amides is 1. The van der Waals surface area contributed by atoms with Crippen LogP contribution in [-0.4, -0.2) is 54.6 Å². The SMILES string of the molecule is CN(C)CCNC(=O)c1cc(-c2ccc3c(c2)OCO3)n(C)n1. The van der Waals surface area contributed by atoms with Gasteiger partial charge in [0, 0.05) is 25.7 Å². The van der Waals surface area contributed by atoms with E-state index in [4.69, 9.17) is 9.47 Å². The van der Waals surface area contributed by atoms with Gasteiger partial charge in [0.2, 0.25) is 6.79 Å². The molecule has 0 radical (unpaired) electrons. The van der Waals surface area contributed by atoms with E-state index >= 15 is 0 Å². The van der Waals surface area contributed by atoms with Crippen LogP contribution in [-0.2, 0) is 7.05 Å². The van der Waals surface area contributed by atoms with E-state index in [1.807, 2.05) is 44.2 Å². The zero-order chi connectivity index (χ0) is 16.4. The van der Waals surface area contributed by atoms with Crippen molar-refractivity contribution in [3.8, 4) is 22.8 Å². The molecule has 2 heterocycles. The number of aryl methyl sites for hydroxylation is 1. The summed E-state index contributed by atoms with van der Waals surface area (Å²) in [5.41, 5.74) is 2.18. The lowest BCUT2D eigenvalue weighted by molar-refractivity contribution is 0.0945. The van der Waals surface area contributed by atoms with Crippen LogP contribution in [0, 0.1) is 0 Å². The molecule has 0 spiro atoms. The van der Waals surface area contributed by atoms with Gasteiger partial charge in [-0.25, -0.2) is 0 Å². The molecule has 2 aromatic rings. The molecule has 1 N–H and O–H groups in total. The minimum Gasteiger partial charge on any atom is -0.454 e. The number of ether oxygens (including phenoxy) is 2. The minimum atomic E-state index is -0.172. The summed E-state index contributed by atoms with van der Waals surface area (Å²) >= 11 is 0. The van der Waals surface area contributed by atoms with Crippen molar-refractivity contribution in [1.29, 1.82) is 0 Å². The quantitative estimate of drug-likeness (QED) is 0.895. The maximum Gasteiger partial charge on any atom is 0.271 e. The first-order valence-electron chi connectivity index (χ1n) is 7.41. The number of hydrogen-bond donors (Lipinski definition) is 1. The number of hydrogen-bond acceptors (Lipinski definition) is 5. The van der Waals surface area contributed by atoms with Crippen LogP contribution in [0.3, 0.4) is 0 Å². The van der Waals surface area contributed by atoms with Crippen molar-refractivity contribution in [1.82, 2.24) is 20.0 Å². The summed E-state index contributed by atoms with van der Waals surface area (Å²) in [7, 11) is 5.74. The number of nitrogens with one attached hydrogen (secondary N) is 1. The van der Waals surface area contributed by atoms with Crippen molar-refractivity contribution < 1.29 is 14.3 Å². The van der Waals surface area contributed by atoms with Gasteiger partial charge in [-0.3, -0.25) is 9.48 Å². The molecule has 1 aromatic carbocycles. The molecule has 7 heteroatoms. The van der Waals surface area contributed by atoms with E-state index < -0.39 is 0 Å². The number of fused-ring (bicyclic) bond motifs is 1. The molecule has 1 aliphatic rings. The van der Waals surface area contributed by atoms with Gasteiger partial charge in [0.15, 0.2) is 17.2 Å². The molecule has 0 bridgehead atoms. The molecule has 0 saturated carbocycles. The standard InChI is InChI=1S/C16H20N4O3/c1-19(2)7-6-17-16(21)12-9-13(20(3)18-12)11-4-5-14-15(8-11)23-10-22-14/h4-5,8-9H,6-7,10H2,1-3H3,(H,17,21). The topological polar surface area (TPSA) is 68.6 Å². The third-order valence-corrected chi connectivity index (χ3v) is 3.63. The fourth-order valence-corrected chi connectivity index (χ4v) is 2.39. The van der Waals surface area contributed by atoms with Crippen LogP contribution in [0.2, 0.25) is 0 Å². The van der Waals surface area contributed by atoms with Crippen molar-refractivity contribution in [2.24, 2.45) is 7.05 Å². The van der Waals surface area contributed by atoms with E-state index in [9.17, 15) is 4.79 Å². The predicted octanol–water partition coefficient (Wildman–Crippen LogP) is 1.11. The number of benzene rings is 1. The Labute approximate surface area is 134 Å². The van der Waals surface area contributed by atoms with Gasteiger partial charge in [-0.1, -0.05) is 0 Å². The van der Waals surface area contributed by atoms with Gasteiger partial charge in [-0.05, 0) is 38.4 Å². The molecule has 1 amide bonds. The first-order valence-corrected chi connectivity index (χ1v) is 7.41. The lowest BCUT2D eigenvalue weighted by atomic mass is 10.1. The summed E-state index contributed by atoms with van der Waals surface area (Å²) in [6.07, 6.45) is 0. The lowest BCUT2D eigenvalue weighted by Gasteiger charge is -2.09. The summed E-state index contributed by atoms with van der Waals surface area (Å²) in [5.74, 6) is 1.27. The molecule has 0 aliphatic carbocycles. The van der Waals surface area contributed by atoms with Crippen LogP contribution in [0.1, 0.15) is 10.5 Å². The largest absolute Gasteiger partial charge is 0.454 e. The fraction of sp³-hybridized carbons (Fsp3) is 0.375. The van der Waals surface area contributed by atoms with Crippen LogP contribution in [0.25, 0.3) is 11.3 Å². The fourth-order valence-electron chi connectivity index (χ4n) is 2.39. The Bertz CT molecular complexity index is 724.